The van der Waals surface area contributed by atoms with E-state index >= 15 is 0 Å². The van der Waals surface area contributed by atoms with E-state index in [0.29, 0.717) is 51.3 Å². The molecule has 1 atom stereocenters. The molecule has 0 aliphatic carbocycles. The van der Waals surface area contributed by atoms with Crippen LogP contribution in [0.4, 0.5) is 15.3 Å². The quantitative estimate of drug-likeness (QED) is 0.205. The number of nitrogens with one attached hydrogen (secondary N) is 3. The standard InChI is InChI=1S/C35H40N10O2/c1-3-26-19-25(20-29-23(2)38-39-32(26)29)21-31(33-40-41-42-45(33)18-13-24-9-5-4-6-10-24)37-34(46)43-16-14-28(15-17-43)44-22-27-11-7-8-12-30(27)36-35(44)47/h4-12,19-20,28,31H,3,13-18,21-22H2,1-2H3,(H,36,47)(H,37,46)(H,38,39). The Bertz CT molecular complexity index is 1880. The van der Waals surface area contributed by atoms with Gasteiger partial charge in [-0.25, -0.2) is 14.3 Å². The minimum atomic E-state index is -0.454. The number of amides is 4. The second-order valence-corrected chi connectivity index (χ2v) is 12.5. The van der Waals surface area contributed by atoms with Crippen LogP contribution in [0.25, 0.3) is 10.9 Å². The van der Waals surface area contributed by atoms with Crippen molar-refractivity contribution in [3.05, 3.63) is 101 Å². The molecule has 1 unspecified atom stereocenters. The lowest BCUT2D eigenvalue weighted by atomic mass is 9.98. The van der Waals surface area contributed by atoms with Gasteiger partial charge in [0, 0.05) is 49.7 Å². The Balaban J connectivity index is 1.08. The average Bonchev–Trinajstić information content (AvgIpc) is 3.73. The highest BCUT2D eigenvalue weighted by atomic mass is 16.2. The first kappa shape index (κ1) is 30.4. The highest BCUT2D eigenvalue weighted by molar-refractivity contribution is 5.92. The summed E-state index contributed by atoms with van der Waals surface area (Å²) in [6, 6.07) is 21.9. The molecule has 1 saturated heterocycles. The molecular weight excluding hydrogens is 592 g/mol. The maximum Gasteiger partial charge on any atom is 0.322 e. The van der Waals surface area contributed by atoms with E-state index in [0.717, 1.165) is 46.3 Å². The molecule has 12 nitrogen and oxygen atoms in total. The number of urea groups is 2. The molecule has 0 spiro atoms. The Hall–Kier alpha value is -5.26. The molecule has 3 N–H and O–H groups in total. The number of rotatable bonds is 9. The molecule has 2 aromatic heterocycles. The summed E-state index contributed by atoms with van der Waals surface area (Å²) in [4.78, 5) is 30.5. The largest absolute Gasteiger partial charge is 0.328 e. The zero-order valence-electron chi connectivity index (χ0n) is 26.8. The number of carbonyl (C=O) groups excluding carboxylic acids is 2. The van der Waals surface area contributed by atoms with Crippen LogP contribution >= 0.6 is 0 Å². The van der Waals surface area contributed by atoms with E-state index in [2.05, 4.69) is 67.5 Å². The smallest absolute Gasteiger partial charge is 0.322 e. The van der Waals surface area contributed by atoms with Crippen molar-refractivity contribution in [3.8, 4) is 0 Å². The van der Waals surface area contributed by atoms with E-state index < -0.39 is 6.04 Å². The first-order valence-electron chi connectivity index (χ1n) is 16.4. The summed E-state index contributed by atoms with van der Waals surface area (Å²) in [5, 5.41) is 27.8. The van der Waals surface area contributed by atoms with Gasteiger partial charge in [0.25, 0.3) is 0 Å². The average molecular weight is 633 g/mol. The molecule has 0 saturated carbocycles. The Morgan fingerprint density at radius 1 is 1.04 bits per heavy atom. The monoisotopic (exact) mass is 632 g/mol. The fourth-order valence-electron chi connectivity index (χ4n) is 6.86. The predicted molar refractivity (Wildman–Crippen MR) is 179 cm³/mol. The van der Waals surface area contributed by atoms with Crippen LogP contribution < -0.4 is 10.6 Å². The number of aromatic amines is 1. The van der Waals surface area contributed by atoms with Crippen molar-refractivity contribution in [2.75, 3.05) is 18.4 Å². The number of anilines is 1. The Kier molecular flexibility index (Phi) is 8.56. The predicted octanol–water partition coefficient (Wildman–Crippen LogP) is 5.17. The molecule has 5 aromatic rings. The van der Waals surface area contributed by atoms with Gasteiger partial charge >= 0.3 is 12.1 Å². The fraction of sp³-hybridized carbons (Fsp3) is 0.371. The van der Waals surface area contributed by atoms with Crippen LogP contribution in [0.2, 0.25) is 0 Å². The summed E-state index contributed by atoms with van der Waals surface area (Å²) < 4.78 is 1.80. The topological polar surface area (TPSA) is 137 Å². The molecule has 0 bridgehead atoms. The van der Waals surface area contributed by atoms with Gasteiger partial charge in [0.1, 0.15) is 0 Å². The van der Waals surface area contributed by atoms with E-state index in [-0.39, 0.29) is 18.1 Å². The van der Waals surface area contributed by atoms with Crippen molar-refractivity contribution < 1.29 is 9.59 Å². The molecule has 0 radical (unpaired) electrons. The third-order valence-corrected chi connectivity index (χ3v) is 9.50. The number of piperidine rings is 1. The van der Waals surface area contributed by atoms with Crippen LogP contribution in [0.5, 0.6) is 0 Å². The number of aryl methyl sites for hydroxylation is 4. The minimum absolute atomic E-state index is 0.0610. The highest BCUT2D eigenvalue weighted by Crippen LogP contribution is 2.29. The third kappa shape index (κ3) is 6.40. The summed E-state index contributed by atoms with van der Waals surface area (Å²) in [5.74, 6) is 0.620. The van der Waals surface area contributed by atoms with Gasteiger partial charge in [-0.3, -0.25) is 5.10 Å². The van der Waals surface area contributed by atoms with Crippen molar-refractivity contribution in [1.82, 2.24) is 45.5 Å². The van der Waals surface area contributed by atoms with Gasteiger partial charge in [-0.1, -0.05) is 61.5 Å². The highest BCUT2D eigenvalue weighted by Gasteiger charge is 2.33. The van der Waals surface area contributed by atoms with Gasteiger partial charge in [0.05, 0.1) is 17.3 Å². The number of nitrogens with zero attached hydrogens (tertiary/aromatic N) is 7. The van der Waals surface area contributed by atoms with Crippen LogP contribution in [-0.2, 0) is 32.4 Å². The van der Waals surface area contributed by atoms with Crippen LogP contribution in [-0.4, -0.2) is 71.4 Å². The Morgan fingerprint density at radius 2 is 1.83 bits per heavy atom. The lowest BCUT2D eigenvalue weighted by molar-refractivity contribution is 0.126. The van der Waals surface area contributed by atoms with Crippen LogP contribution in [0.15, 0.2) is 66.7 Å². The maximum atomic E-state index is 13.9. The van der Waals surface area contributed by atoms with Crippen molar-refractivity contribution in [2.45, 2.75) is 71.1 Å². The second-order valence-electron chi connectivity index (χ2n) is 12.5. The van der Waals surface area contributed by atoms with Crippen LogP contribution in [0, 0.1) is 6.92 Å². The molecular formula is C35H40N10O2. The Labute approximate surface area is 273 Å². The number of H-pyrrole nitrogens is 1. The van der Waals surface area contributed by atoms with Crippen molar-refractivity contribution in [3.63, 3.8) is 0 Å². The minimum Gasteiger partial charge on any atom is -0.328 e. The molecule has 47 heavy (non-hydrogen) atoms. The summed E-state index contributed by atoms with van der Waals surface area (Å²) in [5.41, 5.74) is 7.42. The summed E-state index contributed by atoms with van der Waals surface area (Å²) in [6.45, 7) is 6.40. The van der Waals surface area contributed by atoms with Gasteiger partial charge in [0.15, 0.2) is 5.82 Å². The summed E-state index contributed by atoms with van der Waals surface area (Å²) >= 11 is 0. The zero-order valence-corrected chi connectivity index (χ0v) is 26.8. The lowest BCUT2D eigenvalue weighted by Gasteiger charge is -2.40. The molecule has 12 heteroatoms. The van der Waals surface area contributed by atoms with Crippen molar-refractivity contribution in [1.29, 1.82) is 0 Å². The third-order valence-electron chi connectivity index (χ3n) is 9.50. The van der Waals surface area contributed by atoms with Gasteiger partial charge < -0.3 is 20.4 Å². The normalized spacial score (nSPS) is 15.8. The molecule has 7 rings (SSSR count). The molecule has 2 aliphatic rings. The fourth-order valence-corrected chi connectivity index (χ4v) is 6.86. The van der Waals surface area contributed by atoms with Crippen molar-refractivity contribution in [2.24, 2.45) is 0 Å². The van der Waals surface area contributed by atoms with Gasteiger partial charge in [-0.2, -0.15) is 5.10 Å². The number of hydrogen-bond donors (Lipinski definition) is 3. The number of likely N-dealkylation sites (tertiary alicyclic amines) is 1. The van der Waals surface area contributed by atoms with Crippen LogP contribution in [0.3, 0.4) is 0 Å². The van der Waals surface area contributed by atoms with Gasteiger partial charge in [0.2, 0.25) is 0 Å². The number of tetrazole rings is 1. The first-order chi connectivity index (χ1) is 23.0. The number of benzene rings is 3. The van der Waals surface area contributed by atoms with E-state index in [1.807, 2.05) is 59.2 Å². The molecule has 4 amide bonds. The molecule has 3 aromatic carbocycles. The van der Waals surface area contributed by atoms with Gasteiger partial charge in [-0.05, 0) is 77.4 Å². The Morgan fingerprint density at radius 3 is 2.64 bits per heavy atom. The number of hydrogen-bond acceptors (Lipinski definition) is 6. The van der Waals surface area contributed by atoms with Crippen LogP contribution in [0.1, 0.15) is 59.6 Å². The molecule has 1 fully saturated rings. The zero-order chi connectivity index (χ0) is 32.3. The van der Waals surface area contributed by atoms with E-state index in [1.54, 1.807) is 4.68 Å². The second kappa shape index (κ2) is 13.2. The van der Waals surface area contributed by atoms with Crippen molar-refractivity contribution >= 4 is 28.7 Å². The molecule has 4 heterocycles. The molecule has 2 aliphatic heterocycles. The number of fused-ring (bicyclic) bond motifs is 2. The lowest BCUT2D eigenvalue weighted by Crippen LogP contribution is -2.53. The summed E-state index contributed by atoms with van der Waals surface area (Å²) in [7, 11) is 0. The van der Waals surface area contributed by atoms with E-state index in [9.17, 15) is 9.59 Å². The number of aromatic nitrogens is 6. The number of carbonyl (C=O) groups is 2. The number of para-hydroxylation sites is 1. The summed E-state index contributed by atoms with van der Waals surface area (Å²) in [6.07, 6.45) is 3.56. The molecule has 242 valence electrons. The van der Waals surface area contributed by atoms with E-state index in [4.69, 9.17) is 0 Å². The van der Waals surface area contributed by atoms with Gasteiger partial charge in [-0.15, -0.1) is 5.10 Å². The first-order valence-corrected chi connectivity index (χ1v) is 16.4. The van der Waals surface area contributed by atoms with E-state index in [1.165, 1.54) is 11.1 Å². The maximum absolute atomic E-state index is 13.9. The SMILES string of the molecule is CCc1cc(CC(NC(=O)N2CCC(N3Cc4ccccc4NC3=O)CC2)c2nnnn2CCc2ccccc2)cc2c(C)n[nH]c12.